The van der Waals surface area contributed by atoms with Crippen molar-refractivity contribution in [2.45, 2.75) is 6.42 Å². The first-order valence-corrected chi connectivity index (χ1v) is 4.55. The smallest absolute Gasteiger partial charge is 0.254 e. The van der Waals surface area contributed by atoms with Crippen LogP contribution in [0.3, 0.4) is 0 Å². The predicted octanol–water partition coefficient (Wildman–Crippen LogP) is -0.174. The molecule has 0 aliphatic rings. The van der Waals surface area contributed by atoms with Gasteiger partial charge < -0.3 is 11.1 Å². The summed E-state index contributed by atoms with van der Waals surface area (Å²) < 4.78 is 1.57. The lowest BCUT2D eigenvalue weighted by Gasteiger charge is -2.01. The Kier molecular flexibility index (Phi) is 3.58. The van der Waals surface area contributed by atoms with Gasteiger partial charge in [0.1, 0.15) is 0 Å². The van der Waals surface area contributed by atoms with Crippen LogP contribution >= 0.6 is 12.2 Å². The molecule has 0 fully saturated rings. The van der Waals surface area contributed by atoms with Gasteiger partial charge in [-0.25, -0.2) is 0 Å². The Balaban J connectivity index is 2.39. The highest BCUT2D eigenvalue weighted by Crippen LogP contribution is 1.95. The number of aromatic nitrogens is 2. The molecule has 0 saturated heterocycles. The van der Waals surface area contributed by atoms with Gasteiger partial charge in [0.05, 0.1) is 16.7 Å². The Morgan fingerprint density at radius 1 is 1.79 bits per heavy atom. The Morgan fingerprint density at radius 3 is 3.00 bits per heavy atom. The molecule has 0 unspecified atom stereocenters. The van der Waals surface area contributed by atoms with E-state index in [1.165, 1.54) is 6.20 Å². The lowest BCUT2D eigenvalue weighted by molar-refractivity contribution is 0.0955. The van der Waals surface area contributed by atoms with Crippen molar-refractivity contribution in [1.82, 2.24) is 15.1 Å². The number of amides is 1. The number of rotatable bonds is 4. The van der Waals surface area contributed by atoms with Gasteiger partial charge in [0.25, 0.3) is 5.91 Å². The highest BCUT2D eigenvalue weighted by molar-refractivity contribution is 7.80. The van der Waals surface area contributed by atoms with Crippen LogP contribution in [0.5, 0.6) is 0 Å². The maximum absolute atomic E-state index is 11.4. The van der Waals surface area contributed by atoms with Crippen LogP contribution < -0.4 is 11.1 Å². The van der Waals surface area contributed by atoms with E-state index in [0.717, 1.165) is 0 Å². The van der Waals surface area contributed by atoms with Crippen LogP contribution in [0, 0.1) is 0 Å². The van der Waals surface area contributed by atoms with Crippen molar-refractivity contribution in [1.29, 1.82) is 0 Å². The maximum atomic E-state index is 11.4. The topological polar surface area (TPSA) is 72.9 Å². The van der Waals surface area contributed by atoms with Crippen molar-refractivity contribution >= 4 is 23.1 Å². The Labute approximate surface area is 87.3 Å². The minimum atomic E-state index is -0.158. The zero-order chi connectivity index (χ0) is 10.6. The second kappa shape index (κ2) is 4.71. The number of nitrogens with zero attached hydrogens (tertiary/aromatic N) is 2. The molecular weight excluding hydrogens is 200 g/mol. The number of thiocarbonyl (C=S) groups is 1. The van der Waals surface area contributed by atoms with Crippen molar-refractivity contribution < 1.29 is 4.79 Å². The summed E-state index contributed by atoms with van der Waals surface area (Å²) >= 11 is 4.68. The summed E-state index contributed by atoms with van der Waals surface area (Å²) in [6.45, 7) is 0.461. The number of carbonyl (C=O) groups excluding carboxylic acids is 1. The molecule has 14 heavy (non-hydrogen) atoms. The van der Waals surface area contributed by atoms with Crippen LogP contribution in [0.15, 0.2) is 12.4 Å². The molecule has 1 rings (SSSR count). The lowest BCUT2D eigenvalue weighted by atomic mass is 10.3. The molecule has 0 saturated carbocycles. The summed E-state index contributed by atoms with van der Waals surface area (Å²) in [6, 6.07) is 0. The van der Waals surface area contributed by atoms with Gasteiger partial charge >= 0.3 is 0 Å². The molecule has 0 aliphatic carbocycles. The maximum Gasteiger partial charge on any atom is 0.254 e. The summed E-state index contributed by atoms with van der Waals surface area (Å²) in [5, 5.41) is 6.57. The highest BCUT2D eigenvalue weighted by Gasteiger charge is 2.06. The van der Waals surface area contributed by atoms with E-state index in [1.54, 1.807) is 17.9 Å². The van der Waals surface area contributed by atoms with Gasteiger partial charge in [-0.05, 0) is 0 Å². The molecule has 3 N–H and O–H groups in total. The monoisotopic (exact) mass is 212 g/mol. The third-order valence-corrected chi connectivity index (χ3v) is 1.83. The molecule has 0 radical (unpaired) electrons. The number of carbonyl (C=O) groups is 1. The average Bonchev–Trinajstić information content (AvgIpc) is 2.51. The van der Waals surface area contributed by atoms with E-state index in [4.69, 9.17) is 5.73 Å². The predicted molar refractivity (Wildman–Crippen MR) is 56.9 cm³/mol. The van der Waals surface area contributed by atoms with Crippen LogP contribution in [-0.4, -0.2) is 27.2 Å². The van der Waals surface area contributed by atoms with E-state index in [0.29, 0.717) is 23.5 Å². The van der Waals surface area contributed by atoms with E-state index in [1.807, 2.05) is 0 Å². The fourth-order valence-corrected chi connectivity index (χ4v) is 1.04. The second-order valence-corrected chi connectivity index (χ2v) is 3.40. The summed E-state index contributed by atoms with van der Waals surface area (Å²) in [7, 11) is 1.76. The molecule has 0 aromatic carbocycles. The first-order chi connectivity index (χ1) is 6.59. The van der Waals surface area contributed by atoms with E-state index in [-0.39, 0.29) is 5.91 Å². The summed E-state index contributed by atoms with van der Waals surface area (Å²) in [6.07, 6.45) is 3.67. The SMILES string of the molecule is Cn1cc(C(=O)NCCC(N)=S)cn1. The molecule has 0 bridgehead atoms. The van der Waals surface area contributed by atoms with Gasteiger partial charge in [-0.15, -0.1) is 0 Å². The number of hydrogen-bond donors (Lipinski definition) is 2. The standard InChI is InChI=1S/C8H12N4OS/c1-12-5-6(4-11-12)8(13)10-3-2-7(9)14/h4-5H,2-3H2,1H3,(H2,9,14)(H,10,13). The zero-order valence-electron chi connectivity index (χ0n) is 7.86. The van der Waals surface area contributed by atoms with Gasteiger partial charge in [0.2, 0.25) is 0 Å². The van der Waals surface area contributed by atoms with Crippen molar-refractivity contribution in [3.63, 3.8) is 0 Å². The third kappa shape index (κ3) is 3.14. The molecule has 0 spiro atoms. The van der Waals surface area contributed by atoms with Gasteiger partial charge in [-0.3, -0.25) is 9.48 Å². The molecule has 76 valence electrons. The van der Waals surface area contributed by atoms with E-state index in [9.17, 15) is 4.79 Å². The van der Waals surface area contributed by atoms with Crippen molar-refractivity contribution in [3.05, 3.63) is 18.0 Å². The van der Waals surface area contributed by atoms with Crippen molar-refractivity contribution in [3.8, 4) is 0 Å². The molecule has 0 atom stereocenters. The van der Waals surface area contributed by atoms with Gasteiger partial charge in [0.15, 0.2) is 0 Å². The average molecular weight is 212 g/mol. The number of aryl methyl sites for hydroxylation is 1. The lowest BCUT2D eigenvalue weighted by Crippen LogP contribution is -2.27. The summed E-state index contributed by atoms with van der Waals surface area (Å²) in [5.74, 6) is -0.158. The fraction of sp³-hybridized carbons (Fsp3) is 0.375. The molecule has 1 heterocycles. The summed E-state index contributed by atoms with van der Waals surface area (Å²) in [4.78, 5) is 11.8. The van der Waals surface area contributed by atoms with Crippen LogP contribution in [0.25, 0.3) is 0 Å². The minimum Gasteiger partial charge on any atom is -0.393 e. The number of nitrogens with two attached hydrogens (primary N) is 1. The molecule has 6 heteroatoms. The quantitative estimate of drug-likeness (QED) is 0.679. The molecule has 1 aromatic heterocycles. The Hall–Kier alpha value is -1.43. The first kappa shape index (κ1) is 10.6. The fourth-order valence-electron chi connectivity index (χ4n) is 0.940. The largest absolute Gasteiger partial charge is 0.393 e. The minimum absolute atomic E-state index is 0.158. The van der Waals surface area contributed by atoms with Crippen LogP contribution in [0.4, 0.5) is 0 Å². The van der Waals surface area contributed by atoms with Gasteiger partial charge in [0, 0.05) is 26.2 Å². The Morgan fingerprint density at radius 2 is 2.50 bits per heavy atom. The molecular formula is C8H12N4OS. The second-order valence-electron chi connectivity index (χ2n) is 2.87. The van der Waals surface area contributed by atoms with Crippen LogP contribution in [0.1, 0.15) is 16.8 Å². The molecule has 1 aromatic rings. The van der Waals surface area contributed by atoms with E-state index >= 15 is 0 Å². The summed E-state index contributed by atoms with van der Waals surface area (Å²) in [5.41, 5.74) is 5.82. The normalized spacial score (nSPS) is 9.79. The van der Waals surface area contributed by atoms with Crippen LogP contribution in [-0.2, 0) is 7.05 Å². The molecule has 5 nitrogen and oxygen atoms in total. The highest BCUT2D eigenvalue weighted by atomic mass is 32.1. The zero-order valence-corrected chi connectivity index (χ0v) is 8.67. The van der Waals surface area contributed by atoms with Gasteiger partial charge in [-0.2, -0.15) is 5.10 Å². The van der Waals surface area contributed by atoms with Crippen LogP contribution in [0.2, 0.25) is 0 Å². The Bertz CT molecular complexity index is 347. The first-order valence-electron chi connectivity index (χ1n) is 4.14. The van der Waals surface area contributed by atoms with Gasteiger partial charge in [-0.1, -0.05) is 12.2 Å². The van der Waals surface area contributed by atoms with Crippen molar-refractivity contribution in [2.24, 2.45) is 12.8 Å². The molecule has 1 amide bonds. The third-order valence-electron chi connectivity index (χ3n) is 1.62. The van der Waals surface area contributed by atoms with E-state index in [2.05, 4.69) is 22.6 Å². The van der Waals surface area contributed by atoms with E-state index < -0.39 is 0 Å². The van der Waals surface area contributed by atoms with Crippen molar-refractivity contribution in [2.75, 3.05) is 6.54 Å². The molecule has 0 aliphatic heterocycles. The number of nitrogens with one attached hydrogen (secondary N) is 1. The number of hydrogen-bond acceptors (Lipinski definition) is 3.